The van der Waals surface area contributed by atoms with E-state index >= 15 is 0 Å². The molecule has 2 aromatic carbocycles. The highest BCUT2D eigenvalue weighted by Gasteiger charge is 2.23. The molecule has 0 bridgehead atoms. The van der Waals surface area contributed by atoms with Gasteiger partial charge in [0.2, 0.25) is 0 Å². The summed E-state index contributed by atoms with van der Waals surface area (Å²) >= 11 is 0. The molecule has 5 nitrogen and oxygen atoms in total. The summed E-state index contributed by atoms with van der Waals surface area (Å²) in [7, 11) is -2.02. The van der Waals surface area contributed by atoms with Gasteiger partial charge in [0.05, 0.1) is 21.6 Å². The van der Waals surface area contributed by atoms with Crippen molar-refractivity contribution in [2.24, 2.45) is 0 Å². The standard InChI is InChI=1S/C16H17N3O2S/c1-11-6-4-5-7-16(11)22(20,21)19(3)13-8-9-14-15(10-13)18-12(2)17-14/h4-10H,1-3H3,(H,17,18). The van der Waals surface area contributed by atoms with Crippen molar-refractivity contribution in [2.75, 3.05) is 11.4 Å². The molecular formula is C16H17N3O2S. The summed E-state index contributed by atoms with van der Waals surface area (Å²) in [6.07, 6.45) is 0. The molecule has 0 radical (unpaired) electrons. The third kappa shape index (κ3) is 2.35. The van der Waals surface area contributed by atoms with E-state index in [0.29, 0.717) is 10.6 Å². The number of fused-ring (bicyclic) bond motifs is 1. The highest BCUT2D eigenvalue weighted by Crippen LogP contribution is 2.26. The lowest BCUT2D eigenvalue weighted by Crippen LogP contribution is -2.27. The molecule has 0 spiro atoms. The van der Waals surface area contributed by atoms with Crippen LogP contribution in [-0.2, 0) is 10.0 Å². The summed E-state index contributed by atoms with van der Waals surface area (Å²) in [6, 6.07) is 12.4. The Morgan fingerprint density at radius 2 is 1.82 bits per heavy atom. The summed E-state index contributed by atoms with van der Waals surface area (Å²) in [4.78, 5) is 7.77. The van der Waals surface area contributed by atoms with Gasteiger partial charge < -0.3 is 4.98 Å². The first-order valence-electron chi connectivity index (χ1n) is 6.90. The van der Waals surface area contributed by atoms with Crippen molar-refractivity contribution in [1.82, 2.24) is 9.97 Å². The van der Waals surface area contributed by atoms with Crippen LogP contribution in [0.5, 0.6) is 0 Å². The predicted molar refractivity (Wildman–Crippen MR) is 87.6 cm³/mol. The molecule has 1 N–H and O–H groups in total. The van der Waals surface area contributed by atoms with Gasteiger partial charge in [-0.15, -0.1) is 0 Å². The van der Waals surface area contributed by atoms with E-state index in [2.05, 4.69) is 9.97 Å². The lowest BCUT2D eigenvalue weighted by molar-refractivity contribution is 0.594. The zero-order valence-corrected chi connectivity index (χ0v) is 13.5. The second kappa shape index (κ2) is 5.14. The maximum atomic E-state index is 12.8. The molecule has 0 fully saturated rings. The summed E-state index contributed by atoms with van der Waals surface area (Å²) in [5.41, 5.74) is 2.97. The normalized spacial score (nSPS) is 11.8. The number of rotatable bonds is 3. The molecule has 0 amide bonds. The maximum Gasteiger partial charge on any atom is 0.264 e. The first-order valence-corrected chi connectivity index (χ1v) is 8.34. The number of aromatic nitrogens is 2. The summed E-state index contributed by atoms with van der Waals surface area (Å²) in [6.45, 7) is 3.66. The van der Waals surface area contributed by atoms with E-state index in [9.17, 15) is 8.42 Å². The van der Waals surface area contributed by atoms with Crippen LogP contribution in [0.3, 0.4) is 0 Å². The molecule has 0 saturated carbocycles. The average Bonchev–Trinajstić information content (AvgIpc) is 2.85. The van der Waals surface area contributed by atoms with Crippen LogP contribution in [0.2, 0.25) is 0 Å². The molecule has 22 heavy (non-hydrogen) atoms. The van der Waals surface area contributed by atoms with Gasteiger partial charge in [0.1, 0.15) is 5.82 Å². The Morgan fingerprint density at radius 1 is 1.09 bits per heavy atom. The smallest absolute Gasteiger partial charge is 0.264 e. The molecule has 3 rings (SSSR count). The van der Waals surface area contributed by atoms with Crippen molar-refractivity contribution >= 4 is 26.7 Å². The molecule has 3 aromatic rings. The number of anilines is 1. The van der Waals surface area contributed by atoms with E-state index in [1.54, 1.807) is 44.3 Å². The van der Waals surface area contributed by atoms with Gasteiger partial charge in [-0.3, -0.25) is 4.31 Å². The van der Waals surface area contributed by atoms with Gasteiger partial charge >= 0.3 is 0 Å². The zero-order chi connectivity index (χ0) is 15.9. The number of aromatic amines is 1. The Kier molecular flexibility index (Phi) is 3.41. The SMILES string of the molecule is Cc1nc2ccc(N(C)S(=O)(=O)c3ccccc3C)cc2[nH]1. The highest BCUT2D eigenvalue weighted by atomic mass is 32.2. The summed E-state index contributed by atoms with van der Waals surface area (Å²) in [5.74, 6) is 0.802. The van der Waals surface area contributed by atoms with Crippen molar-refractivity contribution in [3.8, 4) is 0 Å². The fraction of sp³-hybridized carbons (Fsp3) is 0.188. The van der Waals surface area contributed by atoms with Crippen molar-refractivity contribution in [1.29, 1.82) is 0 Å². The molecular weight excluding hydrogens is 298 g/mol. The Bertz CT molecular complexity index is 945. The number of nitrogens with zero attached hydrogens (tertiary/aromatic N) is 2. The summed E-state index contributed by atoms with van der Waals surface area (Å²) < 4.78 is 26.9. The number of benzene rings is 2. The van der Waals surface area contributed by atoms with Crippen LogP contribution in [0.4, 0.5) is 5.69 Å². The molecule has 0 aliphatic heterocycles. The third-order valence-electron chi connectivity index (χ3n) is 3.68. The maximum absolute atomic E-state index is 12.8. The monoisotopic (exact) mass is 315 g/mol. The number of sulfonamides is 1. The average molecular weight is 315 g/mol. The van der Waals surface area contributed by atoms with Crippen LogP contribution in [0, 0.1) is 13.8 Å². The van der Waals surface area contributed by atoms with E-state index in [1.165, 1.54) is 4.31 Å². The van der Waals surface area contributed by atoms with Crippen molar-refractivity contribution in [3.63, 3.8) is 0 Å². The minimum atomic E-state index is -3.59. The molecule has 1 heterocycles. The van der Waals surface area contributed by atoms with Crippen LogP contribution in [0.1, 0.15) is 11.4 Å². The van der Waals surface area contributed by atoms with Crippen molar-refractivity contribution in [2.45, 2.75) is 18.7 Å². The Balaban J connectivity index is 2.08. The van der Waals surface area contributed by atoms with Crippen molar-refractivity contribution in [3.05, 3.63) is 53.9 Å². The van der Waals surface area contributed by atoms with E-state index in [0.717, 1.165) is 22.4 Å². The molecule has 0 atom stereocenters. The van der Waals surface area contributed by atoms with Crippen LogP contribution < -0.4 is 4.31 Å². The number of hydrogen-bond donors (Lipinski definition) is 1. The Labute approximate surface area is 129 Å². The first kappa shape index (κ1) is 14.6. The van der Waals surface area contributed by atoms with Crippen LogP contribution in [0.25, 0.3) is 11.0 Å². The molecule has 1 aromatic heterocycles. The molecule has 0 aliphatic rings. The molecule has 0 saturated heterocycles. The van der Waals surface area contributed by atoms with Gasteiger partial charge in [-0.05, 0) is 43.7 Å². The lowest BCUT2D eigenvalue weighted by atomic mass is 10.2. The predicted octanol–water partition coefficient (Wildman–Crippen LogP) is 3.00. The largest absolute Gasteiger partial charge is 0.342 e. The van der Waals surface area contributed by atoms with Gasteiger partial charge in [0.15, 0.2) is 0 Å². The van der Waals surface area contributed by atoms with Crippen LogP contribution in [-0.4, -0.2) is 25.4 Å². The van der Waals surface area contributed by atoms with Gasteiger partial charge in [-0.1, -0.05) is 18.2 Å². The number of nitrogens with one attached hydrogen (secondary N) is 1. The second-order valence-electron chi connectivity index (χ2n) is 5.26. The third-order valence-corrected chi connectivity index (χ3v) is 5.63. The fourth-order valence-corrected chi connectivity index (χ4v) is 3.86. The van der Waals surface area contributed by atoms with E-state index in [1.807, 2.05) is 19.1 Å². The quantitative estimate of drug-likeness (QED) is 0.808. The molecule has 0 aliphatic carbocycles. The molecule has 6 heteroatoms. The Morgan fingerprint density at radius 3 is 2.55 bits per heavy atom. The van der Waals surface area contributed by atoms with E-state index in [4.69, 9.17) is 0 Å². The van der Waals surface area contributed by atoms with E-state index < -0.39 is 10.0 Å². The van der Waals surface area contributed by atoms with Gasteiger partial charge in [-0.2, -0.15) is 0 Å². The highest BCUT2D eigenvalue weighted by molar-refractivity contribution is 7.92. The topological polar surface area (TPSA) is 66.1 Å². The number of aryl methyl sites for hydroxylation is 2. The summed E-state index contributed by atoms with van der Waals surface area (Å²) in [5, 5.41) is 0. The van der Waals surface area contributed by atoms with Crippen molar-refractivity contribution < 1.29 is 8.42 Å². The number of H-pyrrole nitrogens is 1. The minimum Gasteiger partial charge on any atom is -0.342 e. The lowest BCUT2D eigenvalue weighted by Gasteiger charge is -2.20. The number of hydrogen-bond acceptors (Lipinski definition) is 3. The Hall–Kier alpha value is -2.34. The molecule has 0 unspecified atom stereocenters. The molecule has 114 valence electrons. The fourth-order valence-electron chi connectivity index (χ4n) is 2.45. The van der Waals surface area contributed by atoms with Gasteiger partial charge in [0, 0.05) is 7.05 Å². The zero-order valence-electron chi connectivity index (χ0n) is 12.7. The second-order valence-corrected chi connectivity index (χ2v) is 7.20. The van der Waals surface area contributed by atoms with Crippen LogP contribution in [0.15, 0.2) is 47.4 Å². The van der Waals surface area contributed by atoms with Gasteiger partial charge in [-0.25, -0.2) is 13.4 Å². The van der Waals surface area contributed by atoms with Gasteiger partial charge in [0.25, 0.3) is 10.0 Å². The minimum absolute atomic E-state index is 0.318. The number of imidazole rings is 1. The van der Waals surface area contributed by atoms with E-state index in [-0.39, 0.29) is 0 Å². The first-order chi connectivity index (χ1) is 10.4. The van der Waals surface area contributed by atoms with Crippen LogP contribution >= 0.6 is 0 Å².